The molecule has 0 bridgehead atoms. The Morgan fingerprint density at radius 1 is 0.800 bits per heavy atom. The van der Waals surface area contributed by atoms with Crippen LogP contribution in [-0.4, -0.2) is 26.5 Å². The maximum absolute atomic E-state index is 13.8. The molecule has 7 heteroatoms. The van der Waals surface area contributed by atoms with E-state index in [4.69, 9.17) is 0 Å². The molecule has 35 heavy (non-hydrogen) atoms. The van der Waals surface area contributed by atoms with Crippen LogP contribution >= 0.6 is 0 Å². The lowest BCUT2D eigenvalue weighted by molar-refractivity contribution is -0.577. The number of pyridine rings is 1. The van der Waals surface area contributed by atoms with Crippen molar-refractivity contribution in [3.05, 3.63) is 112 Å². The maximum Gasteiger partial charge on any atom is 0.327 e. The number of benzene rings is 2. The van der Waals surface area contributed by atoms with E-state index < -0.39 is 11.8 Å². The molecule has 7 nitrogen and oxygen atoms in total. The van der Waals surface area contributed by atoms with Crippen molar-refractivity contribution in [1.82, 2.24) is 14.7 Å². The largest absolute Gasteiger partial charge is 0.327 e. The van der Waals surface area contributed by atoms with Crippen LogP contribution in [0, 0.1) is 0 Å². The number of aromatic amines is 1. The number of hydrogen-bond donors (Lipinski definition) is 1. The third kappa shape index (κ3) is 3.91. The van der Waals surface area contributed by atoms with Crippen molar-refractivity contribution in [2.45, 2.75) is 19.9 Å². The van der Waals surface area contributed by atoms with Crippen LogP contribution in [-0.2, 0) is 29.6 Å². The monoisotopic (exact) mass is 465 g/mol. The summed E-state index contributed by atoms with van der Waals surface area (Å²) in [5.74, 6) is -0.930. The van der Waals surface area contributed by atoms with E-state index in [0.29, 0.717) is 5.69 Å². The van der Waals surface area contributed by atoms with E-state index in [1.165, 1.54) is 9.58 Å². The molecule has 0 atom stereocenters. The molecule has 0 unspecified atom stereocenters. The van der Waals surface area contributed by atoms with Gasteiger partial charge in [-0.15, -0.1) is 0 Å². The molecule has 2 amide bonds. The molecule has 5 rings (SSSR count). The Morgan fingerprint density at radius 3 is 2.06 bits per heavy atom. The summed E-state index contributed by atoms with van der Waals surface area (Å²) >= 11 is 0. The van der Waals surface area contributed by atoms with Crippen molar-refractivity contribution in [1.29, 1.82) is 0 Å². The minimum absolute atomic E-state index is 0.0980. The molecule has 1 aliphatic rings. The molecule has 0 saturated heterocycles. The zero-order valence-electron chi connectivity index (χ0n) is 19.6. The van der Waals surface area contributed by atoms with E-state index >= 15 is 0 Å². The molecule has 3 heterocycles. The molecule has 2 aromatic heterocycles. The van der Waals surface area contributed by atoms with Gasteiger partial charge >= 0.3 is 5.91 Å². The highest BCUT2D eigenvalue weighted by Gasteiger charge is 2.47. The molecule has 174 valence electrons. The van der Waals surface area contributed by atoms with Gasteiger partial charge in [0.15, 0.2) is 12.4 Å². The first-order chi connectivity index (χ1) is 17.0. The number of nitrogens with one attached hydrogen (secondary N) is 1. The highest BCUT2D eigenvalue weighted by molar-refractivity contribution is 6.45. The average molecular weight is 466 g/mol. The number of rotatable bonds is 6. The Kier molecular flexibility index (Phi) is 5.74. The summed E-state index contributed by atoms with van der Waals surface area (Å²) in [5, 5.41) is 3.08. The van der Waals surface area contributed by atoms with E-state index in [2.05, 4.69) is 5.10 Å². The summed E-state index contributed by atoms with van der Waals surface area (Å²) in [5.41, 5.74) is 3.26. The average Bonchev–Trinajstić information content (AvgIpc) is 3.32. The topological polar surface area (TPSA) is 79.1 Å². The summed E-state index contributed by atoms with van der Waals surface area (Å²) in [7, 11) is 1.60. The van der Waals surface area contributed by atoms with Crippen molar-refractivity contribution in [3.63, 3.8) is 0 Å². The van der Waals surface area contributed by atoms with Gasteiger partial charge in [0.1, 0.15) is 5.57 Å². The number of carbonyl (C=O) groups excluding carboxylic acids is 2. The molecule has 1 aliphatic heterocycles. The molecule has 0 radical (unpaired) electrons. The molecule has 0 aliphatic carbocycles. The summed E-state index contributed by atoms with van der Waals surface area (Å²) in [6.45, 7) is 2.16. The van der Waals surface area contributed by atoms with Gasteiger partial charge in [-0.2, -0.15) is 4.57 Å². The summed E-state index contributed by atoms with van der Waals surface area (Å²) in [4.78, 5) is 42.1. The summed E-state index contributed by atoms with van der Waals surface area (Å²) < 4.78 is 2.98. The van der Waals surface area contributed by atoms with Crippen LogP contribution in [0.25, 0.3) is 22.5 Å². The van der Waals surface area contributed by atoms with Crippen LogP contribution in [0.2, 0.25) is 0 Å². The Labute approximate surface area is 202 Å². The second-order valence-corrected chi connectivity index (χ2v) is 8.46. The minimum atomic E-state index is -0.491. The molecule has 1 N–H and O–H groups in total. The number of aromatic nitrogens is 3. The Bertz CT molecular complexity index is 1500. The van der Waals surface area contributed by atoms with Gasteiger partial charge in [0, 0.05) is 24.7 Å². The van der Waals surface area contributed by atoms with Crippen LogP contribution in [0.4, 0.5) is 0 Å². The van der Waals surface area contributed by atoms with Crippen LogP contribution < -0.4 is 10.1 Å². The van der Waals surface area contributed by atoms with Gasteiger partial charge in [0.05, 0.1) is 17.8 Å². The standard InChI is InChI=1S/C28H24N4O3/c1-3-19-14-16-31(17-15-19)25-23(27(34)32(28(25)35)18-20-10-6-4-7-11-20)22-24(29-30(2)26(22)33)21-12-8-5-9-13-21/h4-17H,3,18H2,1-2H3/p+1. The van der Waals surface area contributed by atoms with E-state index in [-0.39, 0.29) is 28.9 Å². The van der Waals surface area contributed by atoms with Gasteiger partial charge in [-0.25, -0.2) is 0 Å². The van der Waals surface area contributed by atoms with Gasteiger partial charge in [0.2, 0.25) is 0 Å². The van der Waals surface area contributed by atoms with Crippen molar-refractivity contribution < 1.29 is 14.2 Å². The third-order valence-corrected chi connectivity index (χ3v) is 6.25. The number of amides is 2. The lowest BCUT2D eigenvalue weighted by atomic mass is 10.0. The van der Waals surface area contributed by atoms with Crippen LogP contribution in [0.15, 0.2) is 90.0 Å². The van der Waals surface area contributed by atoms with Crippen LogP contribution in [0.3, 0.4) is 0 Å². The second kappa shape index (κ2) is 9.02. The predicted molar refractivity (Wildman–Crippen MR) is 133 cm³/mol. The van der Waals surface area contributed by atoms with Crippen molar-refractivity contribution in [3.8, 4) is 11.3 Å². The molecular formula is C28H25N4O3+. The first kappa shape index (κ1) is 22.3. The van der Waals surface area contributed by atoms with Gasteiger partial charge in [-0.05, 0) is 17.5 Å². The Balaban J connectivity index is 1.73. The van der Waals surface area contributed by atoms with E-state index in [0.717, 1.165) is 23.1 Å². The number of aryl methyl sites for hydroxylation is 2. The Morgan fingerprint density at radius 2 is 1.43 bits per heavy atom. The fourth-order valence-electron chi connectivity index (χ4n) is 4.37. The predicted octanol–water partition coefficient (Wildman–Crippen LogP) is 3.17. The van der Waals surface area contributed by atoms with Gasteiger partial charge < -0.3 is 0 Å². The molecule has 0 fully saturated rings. The summed E-state index contributed by atoms with van der Waals surface area (Å²) in [6.07, 6.45) is 4.38. The van der Waals surface area contributed by atoms with Crippen molar-refractivity contribution in [2.24, 2.45) is 7.05 Å². The first-order valence-corrected chi connectivity index (χ1v) is 11.5. The molecule has 2 aromatic carbocycles. The molecule has 0 spiro atoms. The van der Waals surface area contributed by atoms with Gasteiger partial charge in [0.25, 0.3) is 17.2 Å². The molecule has 4 aromatic rings. The lowest BCUT2D eigenvalue weighted by Crippen LogP contribution is -2.39. The lowest BCUT2D eigenvalue weighted by Gasteiger charge is -2.13. The van der Waals surface area contributed by atoms with Gasteiger partial charge in [-0.1, -0.05) is 67.6 Å². The molecule has 0 saturated carbocycles. The smallest absolute Gasteiger partial charge is 0.295 e. The second-order valence-electron chi connectivity index (χ2n) is 8.46. The van der Waals surface area contributed by atoms with Crippen LogP contribution in [0.1, 0.15) is 23.6 Å². The highest BCUT2D eigenvalue weighted by atomic mass is 16.2. The quantitative estimate of drug-likeness (QED) is 0.351. The highest BCUT2D eigenvalue weighted by Crippen LogP contribution is 2.34. The Hall–Kier alpha value is -4.52. The van der Waals surface area contributed by atoms with E-state index in [9.17, 15) is 14.4 Å². The number of nitrogens with zero attached hydrogens (tertiary/aromatic N) is 3. The number of H-pyrrole nitrogens is 1. The van der Waals surface area contributed by atoms with E-state index in [1.807, 2.05) is 79.7 Å². The van der Waals surface area contributed by atoms with Crippen molar-refractivity contribution in [2.75, 3.05) is 0 Å². The van der Waals surface area contributed by atoms with Gasteiger partial charge in [-0.3, -0.25) is 29.1 Å². The fraction of sp³-hybridized carbons (Fsp3) is 0.143. The van der Waals surface area contributed by atoms with Crippen LogP contribution in [0.5, 0.6) is 0 Å². The fourth-order valence-corrected chi connectivity index (χ4v) is 4.37. The zero-order valence-corrected chi connectivity index (χ0v) is 19.6. The maximum atomic E-state index is 13.8. The third-order valence-electron chi connectivity index (χ3n) is 6.25. The number of carbonyl (C=O) groups is 2. The van der Waals surface area contributed by atoms with E-state index in [1.54, 1.807) is 24.0 Å². The number of hydrogen-bond acceptors (Lipinski definition) is 3. The summed E-state index contributed by atoms with van der Waals surface area (Å²) in [6, 6.07) is 22.5. The minimum Gasteiger partial charge on any atom is -0.295 e. The zero-order chi connectivity index (χ0) is 24.5. The van der Waals surface area contributed by atoms with Crippen molar-refractivity contribution >= 4 is 23.1 Å². The first-order valence-electron chi connectivity index (χ1n) is 11.5. The molecular weight excluding hydrogens is 440 g/mol. The SMILES string of the molecule is CCc1cc[n+](C2=C(c3c(-c4ccccc4)[nH]n(C)c3=O)C(=O)N(Cc3ccccc3)C2=O)cc1. The normalized spacial score (nSPS) is 13.7. The number of imide groups is 1.